The molecule has 0 amide bonds. The summed E-state index contributed by atoms with van der Waals surface area (Å²) in [5, 5.41) is 18.1. The van der Waals surface area contributed by atoms with E-state index in [-0.39, 0.29) is 12.3 Å². The maximum absolute atomic E-state index is 10.6. The summed E-state index contributed by atoms with van der Waals surface area (Å²) in [5.74, 6) is -0.723. The van der Waals surface area contributed by atoms with Crippen LogP contribution in [0.15, 0.2) is 18.2 Å². The molecular weight excluding hydrogens is 194 g/mol. The van der Waals surface area contributed by atoms with Crippen LogP contribution < -0.4 is 4.90 Å². The first-order valence-electron chi connectivity index (χ1n) is 4.81. The van der Waals surface area contributed by atoms with E-state index in [0.29, 0.717) is 6.54 Å². The summed E-state index contributed by atoms with van der Waals surface area (Å²) in [4.78, 5) is 12.3. The highest BCUT2D eigenvalue weighted by atomic mass is 16.4. The standard InChI is InChI=1S/C11H15NO3/c1-3-12(7-11(14)15)10-6-9(13)5-4-8(10)2/h4-6,13H,3,7H2,1-2H3,(H,14,15). The minimum atomic E-state index is -0.875. The fourth-order valence-corrected chi connectivity index (χ4v) is 1.47. The van der Waals surface area contributed by atoms with Crippen LogP contribution in [-0.4, -0.2) is 29.3 Å². The molecule has 0 radical (unpaired) electrons. The number of carboxylic acids is 1. The van der Waals surface area contributed by atoms with Crippen molar-refractivity contribution in [2.75, 3.05) is 18.0 Å². The summed E-state index contributed by atoms with van der Waals surface area (Å²) >= 11 is 0. The molecule has 1 aromatic carbocycles. The second kappa shape index (κ2) is 4.68. The zero-order valence-electron chi connectivity index (χ0n) is 8.90. The Morgan fingerprint density at radius 2 is 2.13 bits per heavy atom. The number of phenolic OH excluding ortho intramolecular Hbond substituents is 1. The predicted octanol–water partition coefficient (Wildman–Crippen LogP) is 1.61. The monoisotopic (exact) mass is 209 g/mol. The number of rotatable bonds is 4. The van der Waals surface area contributed by atoms with Crippen LogP contribution in [0.2, 0.25) is 0 Å². The molecule has 0 aliphatic carbocycles. The molecule has 4 nitrogen and oxygen atoms in total. The maximum atomic E-state index is 10.6. The molecule has 0 aromatic heterocycles. The van der Waals surface area contributed by atoms with E-state index in [9.17, 15) is 9.90 Å². The van der Waals surface area contributed by atoms with Crippen molar-refractivity contribution >= 4 is 11.7 Å². The fourth-order valence-electron chi connectivity index (χ4n) is 1.47. The molecule has 2 N–H and O–H groups in total. The number of carbonyl (C=O) groups is 1. The molecule has 0 saturated heterocycles. The van der Waals surface area contributed by atoms with Gasteiger partial charge in [-0.2, -0.15) is 0 Å². The number of likely N-dealkylation sites (N-methyl/N-ethyl adjacent to an activating group) is 1. The Labute approximate surface area is 88.8 Å². The second-order valence-corrected chi connectivity index (χ2v) is 3.38. The summed E-state index contributed by atoms with van der Waals surface area (Å²) in [6.45, 7) is 4.31. The van der Waals surface area contributed by atoms with Crippen molar-refractivity contribution in [1.29, 1.82) is 0 Å². The van der Waals surface area contributed by atoms with Gasteiger partial charge in [0.05, 0.1) is 0 Å². The van der Waals surface area contributed by atoms with Crippen LogP contribution in [0.25, 0.3) is 0 Å². The third-order valence-corrected chi connectivity index (χ3v) is 2.24. The summed E-state index contributed by atoms with van der Waals surface area (Å²) in [5.41, 5.74) is 1.72. The molecule has 0 bridgehead atoms. The summed E-state index contributed by atoms with van der Waals surface area (Å²) in [6.07, 6.45) is 0. The lowest BCUT2D eigenvalue weighted by Crippen LogP contribution is -2.29. The van der Waals surface area contributed by atoms with Crippen LogP contribution in [-0.2, 0) is 4.79 Å². The highest BCUT2D eigenvalue weighted by Gasteiger charge is 2.11. The van der Waals surface area contributed by atoms with Crippen molar-refractivity contribution in [1.82, 2.24) is 0 Å². The van der Waals surface area contributed by atoms with Crippen molar-refractivity contribution < 1.29 is 15.0 Å². The molecule has 0 spiro atoms. The highest BCUT2D eigenvalue weighted by Crippen LogP contribution is 2.24. The molecule has 0 saturated carbocycles. The van der Waals surface area contributed by atoms with Gasteiger partial charge < -0.3 is 15.1 Å². The number of hydrogen-bond acceptors (Lipinski definition) is 3. The summed E-state index contributed by atoms with van der Waals surface area (Å²) in [6, 6.07) is 4.95. The van der Waals surface area contributed by atoms with E-state index in [1.54, 1.807) is 23.1 Å². The van der Waals surface area contributed by atoms with Gasteiger partial charge >= 0.3 is 5.97 Å². The van der Waals surface area contributed by atoms with Gasteiger partial charge in [0.1, 0.15) is 12.3 Å². The van der Waals surface area contributed by atoms with E-state index in [0.717, 1.165) is 11.3 Å². The first-order chi connectivity index (χ1) is 7.04. The van der Waals surface area contributed by atoms with Gasteiger partial charge in [0.15, 0.2) is 0 Å². The third kappa shape index (κ3) is 2.87. The molecule has 0 heterocycles. The Bertz CT molecular complexity index is 363. The molecule has 0 aliphatic rings. The molecule has 4 heteroatoms. The highest BCUT2D eigenvalue weighted by molar-refractivity contribution is 5.74. The van der Waals surface area contributed by atoms with E-state index in [4.69, 9.17) is 5.11 Å². The minimum absolute atomic E-state index is 0.0548. The van der Waals surface area contributed by atoms with Crippen molar-refractivity contribution in [3.8, 4) is 5.75 Å². The minimum Gasteiger partial charge on any atom is -0.508 e. The van der Waals surface area contributed by atoms with Gasteiger partial charge in [-0.25, -0.2) is 0 Å². The number of hydrogen-bond donors (Lipinski definition) is 2. The lowest BCUT2D eigenvalue weighted by atomic mass is 10.1. The molecule has 15 heavy (non-hydrogen) atoms. The van der Waals surface area contributed by atoms with E-state index in [1.807, 2.05) is 13.8 Å². The summed E-state index contributed by atoms with van der Waals surface area (Å²) in [7, 11) is 0. The Morgan fingerprint density at radius 1 is 1.47 bits per heavy atom. The van der Waals surface area contributed by atoms with E-state index in [1.165, 1.54) is 0 Å². The van der Waals surface area contributed by atoms with Crippen LogP contribution in [0.5, 0.6) is 5.75 Å². The van der Waals surface area contributed by atoms with Crippen LogP contribution >= 0.6 is 0 Å². The predicted molar refractivity (Wildman–Crippen MR) is 58.4 cm³/mol. The van der Waals surface area contributed by atoms with Gasteiger partial charge in [0.25, 0.3) is 0 Å². The van der Waals surface area contributed by atoms with Gasteiger partial charge in [-0.3, -0.25) is 4.79 Å². The van der Waals surface area contributed by atoms with E-state index >= 15 is 0 Å². The van der Waals surface area contributed by atoms with Crippen molar-refractivity contribution in [2.45, 2.75) is 13.8 Å². The lowest BCUT2D eigenvalue weighted by Gasteiger charge is -2.22. The smallest absolute Gasteiger partial charge is 0.323 e. The molecule has 0 aliphatic heterocycles. The third-order valence-electron chi connectivity index (χ3n) is 2.24. The van der Waals surface area contributed by atoms with Crippen molar-refractivity contribution in [3.05, 3.63) is 23.8 Å². The van der Waals surface area contributed by atoms with Gasteiger partial charge in [-0.05, 0) is 25.5 Å². The van der Waals surface area contributed by atoms with Crippen molar-refractivity contribution in [2.24, 2.45) is 0 Å². The lowest BCUT2D eigenvalue weighted by molar-refractivity contribution is -0.135. The second-order valence-electron chi connectivity index (χ2n) is 3.38. The number of aromatic hydroxyl groups is 1. The van der Waals surface area contributed by atoms with Gasteiger partial charge in [-0.1, -0.05) is 6.07 Å². The van der Waals surface area contributed by atoms with Gasteiger partial charge in [0, 0.05) is 18.3 Å². The van der Waals surface area contributed by atoms with Crippen LogP contribution in [0.3, 0.4) is 0 Å². The number of carboxylic acid groups (broad SMARTS) is 1. The largest absolute Gasteiger partial charge is 0.508 e. The van der Waals surface area contributed by atoms with Gasteiger partial charge in [0.2, 0.25) is 0 Å². The number of phenols is 1. The first-order valence-corrected chi connectivity index (χ1v) is 4.81. The summed E-state index contributed by atoms with van der Waals surface area (Å²) < 4.78 is 0. The average Bonchev–Trinajstić information content (AvgIpc) is 2.18. The number of aliphatic carboxylic acids is 1. The number of benzene rings is 1. The van der Waals surface area contributed by atoms with Gasteiger partial charge in [-0.15, -0.1) is 0 Å². The fraction of sp³-hybridized carbons (Fsp3) is 0.364. The molecular formula is C11H15NO3. The SMILES string of the molecule is CCN(CC(=O)O)c1cc(O)ccc1C. The van der Waals surface area contributed by atoms with E-state index < -0.39 is 5.97 Å². The molecule has 1 rings (SSSR count). The molecule has 0 unspecified atom stereocenters. The Morgan fingerprint density at radius 3 is 2.67 bits per heavy atom. The topological polar surface area (TPSA) is 60.8 Å². The average molecular weight is 209 g/mol. The Hall–Kier alpha value is -1.71. The number of nitrogens with zero attached hydrogens (tertiary/aromatic N) is 1. The Balaban J connectivity index is 3.00. The Kier molecular flexibility index (Phi) is 3.55. The molecule has 82 valence electrons. The zero-order valence-corrected chi connectivity index (χ0v) is 8.90. The van der Waals surface area contributed by atoms with Crippen molar-refractivity contribution in [3.63, 3.8) is 0 Å². The molecule has 0 fully saturated rings. The first kappa shape index (κ1) is 11.4. The maximum Gasteiger partial charge on any atom is 0.323 e. The van der Waals surface area contributed by atoms with Crippen LogP contribution in [0, 0.1) is 6.92 Å². The van der Waals surface area contributed by atoms with Crippen LogP contribution in [0.1, 0.15) is 12.5 Å². The molecule has 1 aromatic rings. The van der Waals surface area contributed by atoms with E-state index in [2.05, 4.69) is 0 Å². The van der Waals surface area contributed by atoms with Crippen LogP contribution in [0.4, 0.5) is 5.69 Å². The molecule has 0 atom stereocenters. The quantitative estimate of drug-likeness (QED) is 0.791. The normalized spacial score (nSPS) is 10.0. The number of anilines is 1. The number of aryl methyl sites for hydroxylation is 1. The zero-order chi connectivity index (χ0) is 11.4.